The summed E-state index contributed by atoms with van der Waals surface area (Å²) in [5.41, 5.74) is -0.412. The van der Waals surface area contributed by atoms with Crippen LogP contribution < -0.4 is 5.32 Å². The van der Waals surface area contributed by atoms with Crippen molar-refractivity contribution in [3.8, 4) is 0 Å². The maximum atomic E-state index is 12.5. The highest BCUT2D eigenvalue weighted by atomic mass is 32.2. The quantitative estimate of drug-likeness (QED) is 0.885. The Morgan fingerprint density at radius 3 is 2.80 bits per heavy atom. The number of nitrogens with one attached hydrogen (secondary N) is 1. The van der Waals surface area contributed by atoms with Crippen LogP contribution in [-0.2, 0) is 14.6 Å². The molecule has 0 bridgehead atoms. The first kappa shape index (κ1) is 14.0. The van der Waals surface area contributed by atoms with E-state index < -0.39 is 15.4 Å². The van der Waals surface area contributed by atoms with E-state index in [1.54, 1.807) is 23.2 Å². The van der Waals surface area contributed by atoms with Crippen molar-refractivity contribution in [3.05, 3.63) is 22.4 Å². The summed E-state index contributed by atoms with van der Waals surface area (Å²) in [5, 5.41) is 5.36. The number of thiophene rings is 1. The number of rotatable bonds is 5. The molecule has 1 saturated carbocycles. The largest absolute Gasteiger partial charge is 0.319 e. The van der Waals surface area contributed by atoms with E-state index in [2.05, 4.69) is 5.32 Å². The molecule has 1 atom stereocenters. The molecule has 1 saturated heterocycles. The first-order valence-corrected chi connectivity index (χ1v) is 9.50. The van der Waals surface area contributed by atoms with Crippen LogP contribution in [-0.4, -0.2) is 42.8 Å². The molecule has 2 aliphatic rings. The van der Waals surface area contributed by atoms with Gasteiger partial charge in [0.05, 0.1) is 5.75 Å². The number of carbonyl (C=O) groups excluding carboxylic acids is 1. The van der Waals surface area contributed by atoms with Gasteiger partial charge in [0.1, 0.15) is 11.7 Å². The van der Waals surface area contributed by atoms with Crippen molar-refractivity contribution in [3.63, 3.8) is 0 Å². The minimum absolute atomic E-state index is 0.0366. The molecule has 110 valence electrons. The highest BCUT2D eigenvalue weighted by Crippen LogP contribution is 2.46. The van der Waals surface area contributed by atoms with Crippen LogP contribution in [0.4, 0.5) is 0 Å². The second-order valence-corrected chi connectivity index (χ2v) is 8.83. The van der Waals surface area contributed by atoms with Crippen LogP contribution in [0.25, 0.3) is 0 Å². The monoisotopic (exact) mass is 314 g/mol. The Balaban J connectivity index is 1.80. The van der Waals surface area contributed by atoms with Gasteiger partial charge in [0.15, 0.2) is 9.84 Å². The van der Waals surface area contributed by atoms with E-state index in [1.165, 1.54) is 0 Å². The predicted molar refractivity (Wildman–Crippen MR) is 78.2 cm³/mol. The molecule has 1 amide bonds. The minimum atomic E-state index is -3.06. The van der Waals surface area contributed by atoms with Gasteiger partial charge in [0.25, 0.3) is 0 Å². The highest BCUT2D eigenvalue weighted by Gasteiger charge is 2.59. The van der Waals surface area contributed by atoms with Crippen molar-refractivity contribution in [2.45, 2.75) is 31.5 Å². The van der Waals surface area contributed by atoms with Gasteiger partial charge >= 0.3 is 0 Å². The number of amides is 1. The molecular weight excluding hydrogens is 296 g/mol. The fourth-order valence-electron chi connectivity index (χ4n) is 2.56. The highest BCUT2D eigenvalue weighted by molar-refractivity contribution is 7.91. The third-order valence-electron chi connectivity index (χ3n) is 4.04. The maximum absolute atomic E-state index is 12.5. The average Bonchev–Trinajstić information content (AvgIpc) is 2.90. The smallest absolute Gasteiger partial charge is 0.244 e. The van der Waals surface area contributed by atoms with Crippen molar-refractivity contribution in [1.29, 1.82) is 0 Å². The van der Waals surface area contributed by atoms with Crippen molar-refractivity contribution in [2.75, 3.05) is 18.1 Å². The minimum Gasteiger partial charge on any atom is -0.319 e. The molecule has 20 heavy (non-hydrogen) atoms. The Bertz CT molecular complexity index is 606. The van der Waals surface area contributed by atoms with E-state index in [1.807, 2.05) is 17.5 Å². The van der Waals surface area contributed by atoms with Crippen molar-refractivity contribution in [2.24, 2.45) is 0 Å². The summed E-state index contributed by atoms with van der Waals surface area (Å²) in [7, 11) is -3.06. The van der Waals surface area contributed by atoms with Gasteiger partial charge < -0.3 is 4.90 Å². The van der Waals surface area contributed by atoms with Crippen LogP contribution >= 0.6 is 11.3 Å². The summed E-state index contributed by atoms with van der Waals surface area (Å²) in [5.74, 6) is 0.216. The molecule has 5 nitrogen and oxygen atoms in total. The lowest BCUT2D eigenvalue weighted by molar-refractivity contribution is -0.130. The molecule has 1 aliphatic heterocycles. The summed E-state index contributed by atoms with van der Waals surface area (Å²) in [4.78, 5) is 15.2. The van der Waals surface area contributed by atoms with E-state index in [0.717, 1.165) is 17.7 Å². The molecule has 2 heterocycles. The summed E-state index contributed by atoms with van der Waals surface area (Å²) in [6.45, 7) is 1.91. The number of nitrogens with zero attached hydrogens (tertiary/aromatic N) is 1. The Morgan fingerprint density at radius 1 is 1.50 bits per heavy atom. The summed E-state index contributed by atoms with van der Waals surface area (Å²) >= 11 is 1.59. The average molecular weight is 314 g/mol. The second kappa shape index (κ2) is 4.82. The van der Waals surface area contributed by atoms with Gasteiger partial charge in [-0.25, -0.2) is 8.42 Å². The molecule has 1 aliphatic carbocycles. The van der Waals surface area contributed by atoms with Gasteiger partial charge in [0.2, 0.25) is 5.91 Å². The van der Waals surface area contributed by atoms with Gasteiger partial charge in [-0.1, -0.05) is 13.0 Å². The fourth-order valence-corrected chi connectivity index (χ4v) is 4.11. The van der Waals surface area contributed by atoms with Crippen LogP contribution in [0.2, 0.25) is 0 Å². The Hall–Kier alpha value is -0.920. The first-order chi connectivity index (χ1) is 9.47. The van der Waals surface area contributed by atoms with Crippen LogP contribution in [0, 0.1) is 0 Å². The summed E-state index contributed by atoms with van der Waals surface area (Å²) < 4.78 is 23.4. The zero-order valence-electron chi connectivity index (χ0n) is 11.3. The molecule has 1 unspecified atom stereocenters. The molecule has 0 aromatic carbocycles. The Labute approximate surface area is 122 Å². The molecule has 1 spiro atoms. The van der Waals surface area contributed by atoms with E-state index in [9.17, 15) is 13.2 Å². The zero-order chi connectivity index (χ0) is 14.4. The molecule has 3 rings (SSSR count). The van der Waals surface area contributed by atoms with Crippen LogP contribution in [0.1, 0.15) is 30.8 Å². The normalized spacial score (nSPS) is 24.6. The molecule has 2 fully saturated rings. The van der Waals surface area contributed by atoms with Gasteiger partial charge in [-0.05, 0) is 24.3 Å². The van der Waals surface area contributed by atoms with Gasteiger partial charge in [-0.3, -0.25) is 10.1 Å². The molecular formula is C13H18N2O3S2. The third kappa shape index (κ3) is 2.38. The van der Waals surface area contributed by atoms with Crippen LogP contribution in [0.3, 0.4) is 0 Å². The lowest BCUT2D eigenvalue weighted by Gasteiger charge is -2.23. The Kier molecular flexibility index (Phi) is 3.38. The lowest BCUT2D eigenvalue weighted by atomic mass is 10.3. The SMILES string of the molecule is CCS(=O)(=O)CCN1C(=O)C2(CC2)NC1c1cccs1. The molecule has 0 radical (unpaired) electrons. The zero-order valence-corrected chi connectivity index (χ0v) is 13.0. The predicted octanol–water partition coefficient (Wildman–Crippen LogP) is 1.15. The number of carbonyl (C=O) groups is 1. The molecule has 1 aromatic rings. The van der Waals surface area contributed by atoms with Crippen LogP contribution in [0.15, 0.2) is 17.5 Å². The molecule has 1 aromatic heterocycles. The van der Waals surface area contributed by atoms with E-state index in [0.29, 0.717) is 0 Å². The van der Waals surface area contributed by atoms with Gasteiger partial charge in [-0.15, -0.1) is 11.3 Å². The van der Waals surface area contributed by atoms with E-state index in [-0.39, 0.29) is 30.1 Å². The van der Waals surface area contributed by atoms with E-state index in [4.69, 9.17) is 0 Å². The fraction of sp³-hybridized carbons (Fsp3) is 0.615. The maximum Gasteiger partial charge on any atom is 0.244 e. The van der Waals surface area contributed by atoms with Crippen molar-refractivity contribution >= 4 is 27.1 Å². The summed E-state index contributed by atoms with van der Waals surface area (Å²) in [6, 6.07) is 3.93. The van der Waals surface area contributed by atoms with Crippen molar-refractivity contribution < 1.29 is 13.2 Å². The number of hydrogen-bond acceptors (Lipinski definition) is 5. The Morgan fingerprint density at radius 2 is 2.25 bits per heavy atom. The second-order valence-electron chi connectivity index (χ2n) is 5.38. The first-order valence-electron chi connectivity index (χ1n) is 6.80. The third-order valence-corrected chi connectivity index (χ3v) is 6.65. The topological polar surface area (TPSA) is 66.5 Å². The standard InChI is InChI=1S/C13H18N2O3S2/c1-2-20(17,18)9-7-15-11(10-4-3-8-19-10)14-13(5-6-13)12(15)16/h3-4,8,11,14H,2,5-7,9H2,1H3. The molecule has 7 heteroatoms. The van der Waals surface area contributed by atoms with Gasteiger partial charge in [0, 0.05) is 17.2 Å². The number of sulfone groups is 1. The van der Waals surface area contributed by atoms with E-state index >= 15 is 0 Å². The summed E-state index contributed by atoms with van der Waals surface area (Å²) in [6.07, 6.45) is 1.53. The van der Waals surface area contributed by atoms with Crippen molar-refractivity contribution in [1.82, 2.24) is 10.2 Å². The molecule has 1 N–H and O–H groups in total. The number of hydrogen-bond donors (Lipinski definition) is 1. The van der Waals surface area contributed by atoms with Crippen LogP contribution in [0.5, 0.6) is 0 Å². The lowest BCUT2D eigenvalue weighted by Crippen LogP contribution is -2.35. The van der Waals surface area contributed by atoms with Gasteiger partial charge in [-0.2, -0.15) is 0 Å².